The van der Waals surface area contributed by atoms with Gasteiger partial charge in [0, 0.05) is 37.6 Å². The van der Waals surface area contributed by atoms with E-state index in [1.54, 1.807) is 0 Å². The standard InChI is InChI=1S/C14H20N2.C2H6.CH3FS/c1-4-11(2)12-7-5-6-8-13(12)14-15-9-10-16(14)3;1-2;1-3-2/h5-8,11H,4,9-10H2,1-3H3;1-2H3;1H3. The van der Waals surface area contributed by atoms with Crippen molar-refractivity contribution in [1.29, 1.82) is 0 Å². The predicted octanol–water partition coefficient (Wildman–Crippen LogP) is 5.15. The second kappa shape index (κ2) is 11.6. The van der Waals surface area contributed by atoms with Gasteiger partial charge in [-0.1, -0.05) is 52.0 Å². The number of hydrogen-bond acceptors (Lipinski definition) is 3. The van der Waals surface area contributed by atoms with Crippen LogP contribution < -0.4 is 0 Å². The number of benzene rings is 1. The number of hydrogen-bond donors (Lipinski definition) is 0. The van der Waals surface area contributed by atoms with Crippen molar-refractivity contribution in [2.45, 2.75) is 40.0 Å². The molecular weight excluding hydrogens is 283 g/mol. The molecule has 0 bridgehead atoms. The maximum absolute atomic E-state index is 10.2. The van der Waals surface area contributed by atoms with Crippen molar-refractivity contribution < 1.29 is 3.89 Å². The summed E-state index contributed by atoms with van der Waals surface area (Å²) in [7, 11) is 2.12. The zero-order chi connectivity index (χ0) is 16.3. The number of nitrogens with zero attached hydrogens (tertiary/aromatic N) is 2. The Labute approximate surface area is 134 Å². The van der Waals surface area contributed by atoms with Crippen molar-refractivity contribution in [3.05, 3.63) is 35.4 Å². The zero-order valence-electron chi connectivity index (χ0n) is 14.2. The highest BCUT2D eigenvalue weighted by Crippen LogP contribution is 2.24. The van der Waals surface area contributed by atoms with Crippen LogP contribution in [-0.4, -0.2) is 37.1 Å². The smallest absolute Gasteiger partial charge is 0.131 e. The monoisotopic (exact) mass is 312 g/mol. The predicted molar refractivity (Wildman–Crippen MR) is 95.2 cm³/mol. The molecule has 0 aliphatic carbocycles. The van der Waals surface area contributed by atoms with E-state index in [1.807, 2.05) is 13.8 Å². The van der Waals surface area contributed by atoms with Crippen LogP contribution in [0.15, 0.2) is 29.3 Å². The summed E-state index contributed by atoms with van der Waals surface area (Å²) in [5.41, 5.74) is 2.74. The summed E-state index contributed by atoms with van der Waals surface area (Å²) in [6.07, 6.45) is 2.55. The van der Waals surface area contributed by atoms with Gasteiger partial charge in [0.2, 0.25) is 0 Å². The Kier molecular flexibility index (Phi) is 11.0. The van der Waals surface area contributed by atoms with E-state index >= 15 is 0 Å². The molecule has 1 aliphatic rings. The Morgan fingerprint density at radius 1 is 1.33 bits per heavy atom. The van der Waals surface area contributed by atoms with Gasteiger partial charge < -0.3 is 4.90 Å². The lowest BCUT2D eigenvalue weighted by Gasteiger charge is -2.19. The van der Waals surface area contributed by atoms with Gasteiger partial charge in [-0.05, 0) is 17.9 Å². The van der Waals surface area contributed by atoms with Gasteiger partial charge in [0.15, 0.2) is 0 Å². The summed E-state index contributed by atoms with van der Waals surface area (Å²) in [5.74, 6) is 1.77. The topological polar surface area (TPSA) is 15.6 Å². The van der Waals surface area contributed by atoms with E-state index in [2.05, 4.69) is 55.1 Å². The van der Waals surface area contributed by atoms with E-state index in [0.717, 1.165) is 18.9 Å². The second-order valence-corrected chi connectivity index (χ2v) is 4.99. The van der Waals surface area contributed by atoms with E-state index < -0.39 is 0 Å². The first-order valence-electron chi connectivity index (χ1n) is 7.65. The third kappa shape index (κ3) is 6.08. The lowest BCUT2D eigenvalue weighted by Crippen LogP contribution is -2.24. The van der Waals surface area contributed by atoms with Gasteiger partial charge in [0.1, 0.15) is 5.84 Å². The quantitative estimate of drug-likeness (QED) is 0.767. The van der Waals surface area contributed by atoms with Crippen molar-refractivity contribution in [3.8, 4) is 0 Å². The first-order chi connectivity index (χ1) is 10.2. The van der Waals surface area contributed by atoms with E-state index in [-0.39, 0.29) is 12.1 Å². The van der Waals surface area contributed by atoms with Crippen LogP contribution in [0.1, 0.15) is 51.2 Å². The fourth-order valence-corrected chi connectivity index (χ4v) is 2.17. The van der Waals surface area contributed by atoms with Crippen LogP contribution in [0.25, 0.3) is 0 Å². The molecule has 0 saturated heterocycles. The van der Waals surface area contributed by atoms with Crippen LogP contribution in [0, 0.1) is 0 Å². The minimum atomic E-state index is 0.250. The summed E-state index contributed by atoms with van der Waals surface area (Å²) in [4.78, 5) is 6.86. The van der Waals surface area contributed by atoms with Gasteiger partial charge in [0.05, 0.1) is 6.54 Å². The SMILES string of the molecule is CC.CCC(C)c1ccccc1C1=NCCN1C.CSF. The highest BCUT2D eigenvalue weighted by Gasteiger charge is 2.18. The van der Waals surface area contributed by atoms with E-state index in [9.17, 15) is 3.89 Å². The largest absolute Gasteiger partial charge is 0.358 e. The summed E-state index contributed by atoms with van der Waals surface area (Å²) in [5, 5.41) is 0. The van der Waals surface area contributed by atoms with Crippen LogP contribution in [0.2, 0.25) is 0 Å². The Bertz CT molecular complexity index is 421. The number of rotatable bonds is 3. The molecule has 1 heterocycles. The average Bonchev–Trinajstić information content (AvgIpc) is 2.95. The average molecular weight is 312 g/mol. The molecule has 1 aliphatic heterocycles. The van der Waals surface area contributed by atoms with Crippen molar-refractivity contribution in [2.24, 2.45) is 4.99 Å². The van der Waals surface area contributed by atoms with Crippen LogP contribution >= 0.6 is 12.1 Å². The van der Waals surface area contributed by atoms with E-state index in [1.165, 1.54) is 23.8 Å². The summed E-state index contributed by atoms with van der Waals surface area (Å²) >= 11 is 0.250. The molecule has 1 unspecified atom stereocenters. The van der Waals surface area contributed by atoms with Crippen molar-refractivity contribution in [2.75, 3.05) is 26.4 Å². The van der Waals surface area contributed by atoms with Crippen LogP contribution in [0.5, 0.6) is 0 Å². The van der Waals surface area contributed by atoms with Crippen LogP contribution in [-0.2, 0) is 0 Å². The van der Waals surface area contributed by atoms with Crippen molar-refractivity contribution >= 4 is 18.0 Å². The first kappa shape index (κ1) is 20.0. The fraction of sp³-hybridized carbons (Fsp3) is 0.588. The Morgan fingerprint density at radius 2 is 1.90 bits per heavy atom. The molecule has 4 heteroatoms. The Morgan fingerprint density at radius 3 is 2.38 bits per heavy atom. The van der Waals surface area contributed by atoms with E-state index in [0.29, 0.717) is 5.92 Å². The van der Waals surface area contributed by atoms with Gasteiger partial charge in [-0.25, -0.2) is 0 Å². The Hall–Kier alpha value is -1.03. The maximum atomic E-state index is 10.2. The highest BCUT2D eigenvalue weighted by molar-refractivity contribution is 7.93. The normalized spacial score (nSPS) is 14.4. The summed E-state index contributed by atoms with van der Waals surface area (Å²) < 4.78 is 10.2. The van der Waals surface area contributed by atoms with Gasteiger partial charge in [-0.15, -0.1) is 0 Å². The molecule has 120 valence electrons. The second-order valence-electron chi connectivity index (χ2n) is 4.68. The van der Waals surface area contributed by atoms with Crippen LogP contribution in [0.3, 0.4) is 0 Å². The molecule has 0 N–H and O–H groups in total. The van der Waals surface area contributed by atoms with Crippen molar-refractivity contribution in [1.82, 2.24) is 4.90 Å². The molecule has 21 heavy (non-hydrogen) atoms. The molecule has 1 aromatic rings. The molecule has 0 fully saturated rings. The third-order valence-electron chi connectivity index (χ3n) is 3.40. The molecule has 0 spiro atoms. The number of halogens is 1. The summed E-state index contributed by atoms with van der Waals surface area (Å²) in [6, 6.07) is 8.66. The molecule has 2 rings (SSSR count). The molecule has 0 radical (unpaired) electrons. The third-order valence-corrected chi connectivity index (χ3v) is 3.40. The molecule has 0 aromatic heterocycles. The zero-order valence-corrected chi connectivity index (χ0v) is 15.0. The summed E-state index contributed by atoms with van der Waals surface area (Å²) in [6.45, 7) is 10.5. The molecule has 0 amide bonds. The fourth-order valence-electron chi connectivity index (χ4n) is 2.17. The molecule has 2 nitrogen and oxygen atoms in total. The number of likely N-dealkylation sites (N-methyl/N-ethyl adjacent to an activating group) is 1. The van der Waals surface area contributed by atoms with Gasteiger partial charge in [-0.2, -0.15) is 3.89 Å². The highest BCUT2D eigenvalue weighted by atomic mass is 32.2. The van der Waals surface area contributed by atoms with Gasteiger partial charge >= 0.3 is 0 Å². The van der Waals surface area contributed by atoms with Crippen LogP contribution in [0.4, 0.5) is 3.89 Å². The minimum Gasteiger partial charge on any atom is -0.358 e. The number of aliphatic imine (C=N–C) groups is 1. The maximum Gasteiger partial charge on any atom is 0.131 e. The van der Waals surface area contributed by atoms with Crippen molar-refractivity contribution in [3.63, 3.8) is 0 Å². The lowest BCUT2D eigenvalue weighted by molar-refractivity contribution is 0.555. The van der Waals surface area contributed by atoms with E-state index in [4.69, 9.17) is 0 Å². The lowest BCUT2D eigenvalue weighted by atomic mass is 9.93. The minimum absolute atomic E-state index is 0.250. The number of amidine groups is 1. The molecular formula is C17H29FN2S. The first-order valence-corrected chi connectivity index (χ1v) is 8.77. The van der Waals surface area contributed by atoms with Gasteiger partial charge in [-0.3, -0.25) is 4.99 Å². The Balaban J connectivity index is 0.000000713. The van der Waals surface area contributed by atoms with Gasteiger partial charge in [0.25, 0.3) is 0 Å². The molecule has 1 atom stereocenters. The molecule has 0 saturated carbocycles. The molecule has 1 aromatic carbocycles.